The number of rotatable bonds is 4. The van der Waals surface area contributed by atoms with E-state index in [0.29, 0.717) is 5.56 Å². The summed E-state index contributed by atoms with van der Waals surface area (Å²) in [4.78, 5) is 14.3. The summed E-state index contributed by atoms with van der Waals surface area (Å²) in [5.74, 6) is 0.0846. The van der Waals surface area contributed by atoms with E-state index in [9.17, 15) is 10.1 Å². The summed E-state index contributed by atoms with van der Waals surface area (Å²) in [5.41, 5.74) is 1.18. The van der Waals surface area contributed by atoms with Crippen LogP contribution in [0.1, 0.15) is 16.7 Å². The van der Waals surface area contributed by atoms with Gasteiger partial charge >= 0.3 is 5.69 Å². The molecule has 0 aliphatic heterocycles. The van der Waals surface area contributed by atoms with E-state index in [1.54, 1.807) is 24.3 Å². The van der Waals surface area contributed by atoms with Crippen LogP contribution in [-0.2, 0) is 6.54 Å². The van der Waals surface area contributed by atoms with Crippen LogP contribution in [0.4, 0.5) is 11.5 Å². The fraction of sp³-hybridized carbons (Fsp3) is 0.0714. The normalized spacial score (nSPS) is 9.43. The molecule has 1 aromatic heterocycles. The molecule has 1 aromatic carbocycles. The van der Waals surface area contributed by atoms with Crippen LogP contribution in [0.2, 0.25) is 0 Å². The number of nitrogens with zero attached hydrogens (tertiary/aromatic N) is 4. The van der Waals surface area contributed by atoms with E-state index in [4.69, 9.17) is 10.5 Å². The van der Waals surface area contributed by atoms with Crippen LogP contribution in [0.3, 0.4) is 0 Å². The Kier molecular flexibility index (Phi) is 4.08. The lowest BCUT2D eigenvalue weighted by atomic mass is 10.1. The molecule has 0 radical (unpaired) electrons. The molecule has 0 amide bonds. The first kappa shape index (κ1) is 14.0. The predicted molar refractivity (Wildman–Crippen MR) is 74.1 cm³/mol. The van der Waals surface area contributed by atoms with Gasteiger partial charge in [0.2, 0.25) is 5.82 Å². The summed E-state index contributed by atoms with van der Waals surface area (Å²) < 4.78 is 0. The molecule has 0 unspecified atom stereocenters. The maximum absolute atomic E-state index is 11.0. The van der Waals surface area contributed by atoms with Gasteiger partial charge in [-0.25, -0.2) is 4.98 Å². The van der Waals surface area contributed by atoms with Gasteiger partial charge in [-0.2, -0.15) is 10.5 Å². The van der Waals surface area contributed by atoms with Crippen molar-refractivity contribution in [3.05, 3.63) is 63.3 Å². The molecule has 2 rings (SSSR count). The van der Waals surface area contributed by atoms with Crippen LogP contribution in [0.15, 0.2) is 36.5 Å². The molecule has 1 heterocycles. The van der Waals surface area contributed by atoms with Crippen molar-refractivity contribution in [1.29, 1.82) is 10.5 Å². The van der Waals surface area contributed by atoms with Crippen LogP contribution < -0.4 is 5.32 Å². The number of nitro groups is 1. The predicted octanol–water partition coefficient (Wildman–Crippen LogP) is 2.35. The number of benzene rings is 1. The van der Waals surface area contributed by atoms with Crippen LogP contribution >= 0.6 is 0 Å². The Morgan fingerprint density at radius 1 is 1.24 bits per heavy atom. The monoisotopic (exact) mass is 279 g/mol. The molecule has 7 heteroatoms. The third-order valence-electron chi connectivity index (χ3n) is 2.71. The van der Waals surface area contributed by atoms with E-state index in [2.05, 4.69) is 10.3 Å². The van der Waals surface area contributed by atoms with Gasteiger partial charge in [0.1, 0.15) is 6.07 Å². The number of nitriles is 2. The number of aromatic nitrogens is 1. The molecule has 0 aliphatic rings. The molecular weight excluding hydrogens is 270 g/mol. The summed E-state index contributed by atoms with van der Waals surface area (Å²) in [6, 6.07) is 11.9. The molecule has 0 spiro atoms. The first-order chi connectivity index (χ1) is 10.1. The van der Waals surface area contributed by atoms with Gasteiger partial charge in [0, 0.05) is 18.8 Å². The van der Waals surface area contributed by atoms with Crippen molar-refractivity contribution in [1.82, 2.24) is 4.98 Å². The van der Waals surface area contributed by atoms with E-state index in [1.165, 1.54) is 12.3 Å². The van der Waals surface area contributed by atoms with Crippen LogP contribution in [0.5, 0.6) is 0 Å². The molecule has 1 N–H and O–H groups in total. The second-order valence-electron chi connectivity index (χ2n) is 4.13. The summed E-state index contributed by atoms with van der Waals surface area (Å²) in [6.07, 6.45) is 1.26. The van der Waals surface area contributed by atoms with Crippen molar-refractivity contribution in [3.63, 3.8) is 0 Å². The summed E-state index contributed by atoms with van der Waals surface area (Å²) >= 11 is 0. The first-order valence-corrected chi connectivity index (χ1v) is 5.91. The number of pyridine rings is 1. The number of hydrogen-bond acceptors (Lipinski definition) is 6. The lowest BCUT2D eigenvalue weighted by Crippen LogP contribution is -2.05. The molecule has 0 saturated heterocycles. The second kappa shape index (κ2) is 6.13. The van der Waals surface area contributed by atoms with Gasteiger partial charge in [0.25, 0.3) is 0 Å². The van der Waals surface area contributed by atoms with Crippen molar-refractivity contribution in [2.45, 2.75) is 6.54 Å². The van der Waals surface area contributed by atoms with E-state index in [-0.39, 0.29) is 23.6 Å². The van der Waals surface area contributed by atoms with Crippen LogP contribution in [0, 0.1) is 32.8 Å². The maximum atomic E-state index is 11.0. The van der Waals surface area contributed by atoms with Crippen molar-refractivity contribution < 1.29 is 4.92 Å². The van der Waals surface area contributed by atoms with Gasteiger partial charge < -0.3 is 5.32 Å². The molecular formula is C14H9N5O2. The lowest BCUT2D eigenvalue weighted by Gasteiger charge is -2.06. The van der Waals surface area contributed by atoms with Crippen molar-refractivity contribution in [2.24, 2.45) is 0 Å². The van der Waals surface area contributed by atoms with E-state index < -0.39 is 4.92 Å². The standard InChI is InChI=1S/C14H9N5O2/c15-6-10-2-1-3-11(4-10)8-17-14-13(19(20)21)5-12(7-16)9-18-14/h1-5,9H,8H2,(H,17,18). The van der Waals surface area contributed by atoms with Crippen LogP contribution in [0.25, 0.3) is 0 Å². The fourth-order valence-electron chi connectivity index (χ4n) is 1.73. The first-order valence-electron chi connectivity index (χ1n) is 5.91. The van der Waals surface area contributed by atoms with E-state index in [1.807, 2.05) is 12.1 Å². The Hall–Kier alpha value is -3.45. The third-order valence-corrected chi connectivity index (χ3v) is 2.71. The number of anilines is 1. The SMILES string of the molecule is N#Cc1cccc(CNc2ncc(C#N)cc2[N+](=O)[O-])c1. The minimum atomic E-state index is -0.595. The largest absolute Gasteiger partial charge is 0.360 e. The zero-order valence-corrected chi connectivity index (χ0v) is 10.8. The highest BCUT2D eigenvalue weighted by Crippen LogP contribution is 2.23. The molecule has 2 aromatic rings. The second-order valence-corrected chi connectivity index (χ2v) is 4.13. The molecule has 0 aliphatic carbocycles. The zero-order chi connectivity index (χ0) is 15.2. The minimum absolute atomic E-state index is 0.0846. The Bertz CT molecular complexity index is 774. The smallest absolute Gasteiger partial charge is 0.312 e. The lowest BCUT2D eigenvalue weighted by molar-refractivity contribution is -0.384. The van der Waals surface area contributed by atoms with Gasteiger partial charge in [-0.15, -0.1) is 0 Å². The molecule has 102 valence electrons. The van der Waals surface area contributed by atoms with E-state index in [0.717, 1.165) is 5.56 Å². The summed E-state index contributed by atoms with van der Waals surface area (Å²) in [5, 5.41) is 31.4. The molecule has 21 heavy (non-hydrogen) atoms. The fourth-order valence-corrected chi connectivity index (χ4v) is 1.73. The number of hydrogen-bond donors (Lipinski definition) is 1. The highest BCUT2D eigenvalue weighted by molar-refractivity contribution is 5.58. The van der Waals surface area contributed by atoms with E-state index >= 15 is 0 Å². The summed E-state index contributed by atoms with van der Waals surface area (Å²) in [7, 11) is 0. The maximum Gasteiger partial charge on any atom is 0.312 e. The Morgan fingerprint density at radius 3 is 2.67 bits per heavy atom. The molecule has 0 bridgehead atoms. The highest BCUT2D eigenvalue weighted by atomic mass is 16.6. The average molecular weight is 279 g/mol. The van der Waals surface area contributed by atoms with Crippen LogP contribution in [-0.4, -0.2) is 9.91 Å². The Labute approximate surface area is 120 Å². The third kappa shape index (κ3) is 3.31. The van der Waals surface area contributed by atoms with Gasteiger partial charge in [-0.1, -0.05) is 12.1 Å². The molecule has 0 atom stereocenters. The van der Waals surface area contributed by atoms with Crippen molar-refractivity contribution in [3.8, 4) is 12.1 Å². The topological polar surface area (TPSA) is 116 Å². The Balaban J connectivity index is 2.22. The van der Waals surface area contributed by atoms with Gasteiger partial charge in [-0.3, -0.25) is 10.1 Å². The van der Waals surface area contributed by atoms with Crippen molar-refractivity contribution >= 4 is 11.5 Å². The molecule has 0 saturated carbocycles. The molecule has 7 nitrogen and oxygen atoms in total. The average Bonchev–Trinajstić information content (AvgIpc) is 2.52. The van der Waals surface area contributed by atoms with Gasteiger partial charge in [-0.05, 0) is 17.7 Å². The minimum Gasteiger partial charge on any atom is -0.360 e. The summed E-state index contributed by atoms with van der Waals surface area (Å²) in [6.45, 7) is 0.287. The van der Waals surface area contributed by atoms with Gasteiger partial charge in [0.15, 0.2) is 0 Å². The Morgan fingerprint density at radius 2 is 2.00 bits per heavy atom. The molecule has 0 fully saturated rings. The zero-order valence-electron chi connectivity index (χ0n) is 10.8. The van der Waals surface area contributed by atoms with Gasteiger partial charge in [0.05, 0.1) is 22.1 Å². The van der Waals surface area contributed by atoms with Crippen molar-refractivity contribution in [2.75, 3.05) is 5.32 Å². The highest BCUT2D eigenvalue weighted by Gasteiger charge is 2.16. The quantitative estimate of drug-likeness (QED) is 0.678. The number of nitrogens with one attached hydrogen (secondary N) is 1.